The first-order valence-corrected chi connectivity index (χ1v) is 5.86. The van der Waals surface area contributed by atoms with Gasteiger partial charge >= 0.3 is 0 Å². The number of hydrogen-bond acceptors (Lipinski definition) is 4. The summed E-state index contributed by atoms with van der Waals surface area (Å²) in [6.45, 7) is 2.16. The van der Waals surface area contributed by atoms with Crippen molar-refractivity contribution >= 4 is 17.5 Å². The molecule has 2 rings (SSSR count). The van der Waals surface area contributed by atoms with Crippen LogP contribution < -0.4 is 5.32 Å². The van der Waals surface area contributed by atoms with E-state index < -0.39 is 0 Å². The van der Waals surface area contributed by atoms with Gasteiger partial charge in [0.05, 0.1) is 0 Å². The van der Waals surface area contributed by atoms with Gasteiger partial charge in [0, 0.05) is 30.5 Å². The largest absolute Gasteiger partial charge is 0.426 e. The molecule has 6 heteroatoms. The van der Waals surface area contributed by atoms with E-state index in [1.54, 1.807) is 31.2 Å². The maximum absolute atomic E-state index is 11.8. The summed E-state index contributed by atoms with van der Waals surface area (Å²) < 4.78 is 5.20. The van der Waals surface area contributed by atoms with Gasteiger partial charge < -0.3 is 9.73 Å². The third-order valence-electron chi connectivity index (χ3n) is 2.28. The number of amides is 1. The van der Waals surface area contributed by atoms with E-state index in [-0.39, 0.29) is 5.91 Å². The highest BCUT2D eigenvalue weighted by Gasteiger charge is 2.07. The fraction of sp³-hybridized carbons (Fsp3) is 0.250. The molecule has 1 aromatic heterocycles. The molecule has 2 aromatic rings. The van der Waals surface area contributed by atoms with E-state index >= 15 is 0 Å². The van der Waals surface area contributed by atoms with E-state index in [4.69, 9.17) is 16.0 Å². The summed E-state index contributed by atoms with van der Waals surface area (Å²) in [6, 6.07) is 6.78. The number of carbonyl (C=O) groups is 1. The molecular weight excluding hydrogens is 254 g/mol. The van der Waals surface area contributed by atoms with Crippen LogP contribution in [0.25, 0.3) is 0 Å². The Balaban J connectivity index is 1.85. The van der Waals surface area contributed by atoms with Crippen LogP contribution >= 0.6 is 11.6 Å². The average Bonchev–Trinajstić information content (AvgIpc) is 2.75. The molecule has 94 valence electrons. The Bertz CT molecular complexity index is 554. The van der Waals surface area contributed by atoms with Crippen LogP contribution in [0.15, 0.2) is 28.7 Å². The fourth-order valence-electron chi connectivity index (χ4n) is 1.45. The van der Waals surface area contributed by atoms with Crippen molar-refractivity contribution in [2.24, 2.45) is 0 Å². The third kappa shape index (κ3) is 3.30. The van der Waals surface area contributed by atoms with Gasteiger partial charge in [-0.25, -0.2) is 0 Å². The summed E-state index contributed by atoms with van der Waals surface area (Å²) in [5.74, 6) is 0.860. The van der Waals surface area contributed by atoms with E-state index in [0.29, 0.717) is 35.3 Å². The number of nitrogens with one attached hydrogen (secondary N) is 1. The lowest BCUT2D eigenvalue weighted by molar-refractivity contribution is 0.0953. The van der Waals surface area contributed by atoms with Crippen LogP contribution in [0.1, 0.15) is 22.1 Å². The molecule has 1 amide bonds. The summed E-state index contributed by atoms with van der Waals surface area (Å²) >= 11 is 5.81. The van der Waals surface area contributed by atoms with Crippen molar-refractivity contribution in [3.63, 3.8) is 0 Å². The highest BCUT2D eigenvalue weighted by Crippen LogP contribution is 2.10. The van der Waals surface area contributed by atoms with Crippen LogP contribution in [-0.2, 0) is 6.42 Å². The van der Waals surface area contributed by atoms with Crippen molar-refractivity contribution in [3.8, 4) is 0 Å². The van der Waals surface area contributed by atoms with Gasteiger partial charge in [0.1, 0.15) is 0 Å². The molecular formula is C12H12ClN3O2. The molecule has 1 aromatic carbocycles. The van der Waals surface area contributed by atoms with E-state index in [9.17, 15) is 4.79 Å². The van der Waals surface area contributed by atoms with Crippen LogP contribution in [0.2, 0.25) is 5.02 Å². The number of carbonyl (C=O) groups excluding carboxylic acids is 1. The van der Waals surface area contributed by atoms with Gasteiger partial charge in [-0.1, -0.05) is 17.7 Å². The van der Waals surface area contributed by atoms with Gasteiger partial charge in [0.25, 0.3) is 5.91 Å². The van der Waals surface area contributed by atoms with Crippen molar-refractivity contribution in [3.05, 3.63) is 46.6 Å². The molecule has 0 spiro atoms. The van der Waals surface area contributed by atoms with Gasteiger partial charge in [0.15, 0.2) is 0 Å². The second-order valence-corrected chi connectivity index (χ2v) is 4.17. The molecule has 5 nitrogen and oxygen atoms in total. The van der Waals surface area contributed by atoms with Crippen LogP contribution in [0.5, 0.6) is 0 Å². The van der Waals surface area contributed by atoms with Crippen molar-refractivity contribution in [2.45, 2.75) is 13.3 Å². The molecule has 0 aliphatic rings. The van der Waals surface area contributed by atoms with Crippen LogP contribution in [0.4, 0.5) is 0 Å². The van der Waals surface area contributed by atoms with Crippen molar-refractivity contribution in [2.75, 3.05) is 6.54 Å². The predicted molar refractivity (Wildman–Crippen MR) is 66.5 cm³/mol. The first kappa shape index (κ1) is 12.6. The highest BCUT2D eigenvalue weighted by atomic mass is 35.5. The van der Waals surface area contributed by atoms with E-state index in [1.807, 2.05) is 0 Å². The Morgan fingerprint density at radius 1 is 1.44 bits per heavy atom. The second-order valence-electron chi connectivity index (χ2n) is 3.73. The summed E-state index contributed by atoms with van der Waals surface area (Å²) in [7, 11) is 0. The molecule has 0 saturated heterocycles. The molecule has 0 bridgehead atoms. The first-order chi connectivity index (χ1) is 8.65. The van der Waals surface area contributed by atoms with E-state index in [2.05, 4.69) is 15.5 Å². The number of aromatic nitrogens is 2. The average molecular weight is 266 g/mol. The lowest BCUT2D eigenvalue weighted by Crippen LogP contribution is -2.25. The molecule has 18 heavy (non-hydrogen) atoms. The van der Waals surface area contributed by atoms with Gasteiger partial charge in [-0.05, 0) is 18.2 Å². The number of benzene rings is 1. The zero-order valence-corrected chi connectivity index (χ0v) is 10.6. The molecule has 0 saturated carbocycles. The third-order valence-corrected chi connectivity index (χ3v) is 2.51. The Hall–Kier alpha value is -1.88. The van der Waals surface area contributed by atoms with Crippen molar-refractivity contribution in [1.29, 1.82) is 0 Å². The summed E-state index contributed by atoms with van der Waals surface area (Å²) in [5.41, 5.74) is 0.532. The van der Waals surface area contributed by atoms with Gasteiger partial charge in [-0.15, -0.1) is 10.2 Å². The topological polar surface area (TPSA) is 68.0 Å². The van der Waals surface area contributed by atoms with E-state index in [1.165, 1.54) is 0 Å². The minimum absolute atomic E-state index is 0.172. The van der Waals surface area contributed by atoms with Gasteiger partial charge in [-0.3, -0.25) is 4.79 Å². The fourth-order valence-corrected chi connectivity index (χ4v) is 1.64. The Labute approximate surface area is 109 Å². The molecule has 0 aliphatic carbocycles. The highest BCUT2D eigenvalue weighted by molar-refractivity contribution is 6.30. The van der Waals surface area contributed by atoms with E-state index in [0.717, 1.165) is 0 Å². The number of halogens is 1. The molecule has 0 aliphatic heterocycles. The Morgan fingerprint density at radius 3 is 2.94 bits per heavy atom. The summed E-state index contributed by atoms with van der Waals surface area (Å²) in [4.78, 5) is 11.8. The zero-order valence-electron chi connectivity index (χ0n) is 9.81. The zero-order chi connectivity index (χ0) is 13.0. The minimum atomic E-state index is -0.172. The van der Waals surface area contributed by atoms with Crippen molar-refractivity contribution < 1.29 is 9.21 Å². The second kappa shape index (κ2) is 5.64. The van der Waals surface area contributed by atoms with Crippen molar-refractivity contribution in [1.82, 2.24) is 15.5 Å². The van der Waals surface area contributed by atoms with Gasteiger partial charge in [-0.2, -0.15) is 0 Å². The quantitative estimate of drug-likeness (QED) is 0.918. The molecule has 0 unspecified atom stereocenters. The molecule has 0 fully saturated rings. The maximum atomic E-state index is 11.8. The molecule has 0 radical (unpaired) electrons. The smallest absolute Gasteiger partial charge is 0.251 e. The molecule has 1 N–H and O–H groups in total. The standard InChI is InChI=1S/C12H12ClN3O2/c1-8-15-16-11(18-8)5-6-14-12(17)9-3-2-4-10(13)7-9/h2-4,7H,5-6H2,1H3,(H,14,17). The number of aryl methyl sites for hydroxylation is 1. The van der Waals surface area contributed by atoms with Crippen LogP contribution in [0, 0.1) is 6.92 Å². The van der Waals surface area contributed by atoms with Gasteiger partial charge in [0.2, 0.25) is 11.8 Å². The lowest BCUT2D eigenvalue weighted by Gasteiger charge is -2.03. The summed E-state index contributed by atoms with van der Waals surface area (Å²) in [5, 5.41) is 10.8. The molecule has 1 heterocycles. The van der Waals surface area contributed by atoms with Crippen LogP contribution in [0.3, 0.4) is 0 Å². The Morgan fingerprint density at radius 2 is 2.28 bits per heavy atom. The SMILES string of the molecule is Cc1nnc(CCNC(=O)c2cccc(Cl)c2)o1. The predicted octanol–water partition coefficient (Wildman–Crippen LogP) is 2.00. The maximum Gasteiger partial charge on any atom is 0.251 e. The molecule has 0 atom stereocenters. The minimum Gasteiger partial charge on any atom is -0.426 e. The normalized spacial score (nSPS) is 10.3. The number of nitrogens with zero attached hydrogens (tertiary/aromatic N) is 2. The monoisotopic (exact) mass is 265 g/mol. The Kier molecular flexibility index (Phi) is 3.94. The first-order valence-electron chi connectivity index (χ1n) is 5.48. The number of hydrogen-bond donors (Lipinski definition) is 1. The number of rotatable bonds is 4. The van der Waals surface area contributed by atoms with Crippen LogP contribution in [-0.4, -0.2) is 22.6 Å². The lowest BCUT2D eigenvalue weighted by atomic mass is 10.2. The summed E-state index contributed by atoms with van der Waals surface area (Å²) in [6.07, 6.45) is 0.507.